The minimum absolute atomic E-state index is 0.171. The van der Waals surface area contributed by atoms with Crippen molar-refractivity contribution in [3.63, 3.8) is 0 Å². The normalized spacial score (nSPS) is 11.4. The van der Waals surface area contributed by atoms with E-state index in [2.05, 4.69) is 5.32 Å². The standard InChI is InChI=1S/C20H27N3O3S/c1-4-23(27(3,25)26)16-10-15-21-20(24)18-13-8-9-14-19(18)22(2)17-11-6-5-7-12-17/h5-9,11-14H,4,10,15-16H2,1-3H3,(H,21,24). The van der Waals surface area contributed by atoms with Gasteiger partial charge in [-0.15, -0.1) is 0 Å². The molecule has 2 aromatic carbocycles. The molecule has 0 bridgehead atoms. The monoisotopic (exact) mass is 389 g/mol. The number of amides is 1. The van der Waals surface area contributed by atoms with Gasteiger partial charge in [0.1, 0.15) is 0 Å². The van der Waals surface area contributed by atoms with Crippen molar-refractivity contribution in [3.05, 3.63) is 60.2 Å². The molecule has 0 aliphatic rings. The van der Waals surface area contributed by atoms with E-state index in [1.807, 2.05) is 60.5 Å². The van der Waals surface area contributed by atoms with Gasteiger partial charge in [0.25, 0.3) is 5.91 Å². The molecular weight excluding hydrogens is 362 g/mol. The zero-order valence-corrected chi connectivity index (χ0v) is 16.9. The molecule has 0 spiro atoms. The van der Waals surface area contributed by atoms with Gasteiger partial charge in [0, 0.05) is 32.4 Å². The van der Waals surface area contributed by atoms with E-state index < -0.39 is 10.0 Å². The number of nitrogens with zero attached hydrogens (tertiary/aromatic N) is 2. The van der Waals surface area contributed by atoms with Crippen molar-refractivity contribution in [2.24, 2.45) is 0 Å². The Kier molecular flexibility index (Phi) is 7.38. The average molecular weight is 390 g/mol. The number of sulfonamides is 1. The maximum Gasteiger partial charge on any atom is 0.253 e. The number of rotatable bonds is 9. The molecule has 27 heavy (non-hydrogen) atoms. The summed E-state index contributed by atoms with van der Waals surface area (Å²) in [5.74, 6) is -0.171. The summed E-state index contributed by atoms with van der Waals surface area (Å²) in [5.41, 5.74) is 2.39. The molecule has 6 nitrogen and oxygen atoms in total. The number of para-hydroxylation sites is 2. The number of anilines is 2. The molecule has 146 valence electrons. The molecule has 0 unspecified atom stereocenters. The van der Waals surface area contributed by atoms with E-state index in [0.29, 0.717) is 31.6 Å². The first kappa shape index (κ1) is 20.9. The van der Waals surface area contributed by atoms with Crippen molar-refractivity contribution in [3.8, 4) is 0 Å². The summed E-state index contributed by atoms with van der Waals surface area (Å²) in [7, 11) is -1.28. The van der Waals surface area contributed by atoms with Gasteiger partial charge in [0.2, 0.25) is 10.0 Å². The number of carbonyl (C=O) groups is 1. The minimum Gasteiger partial charge on any atom is -0.352 e. The molecular formula is C20H27N3O3S. The minimum atomic E-state index is -3.20. The van der Waals surface area contributed by atoms with Crippen molar-refractivity contribution >= 4 is 27.3 Å². The first-order valence-electron chi connectivity index (χ1n) is 8.95. The van der Waals surface area contributed by atoms with Gasteiger partial charge in [-0.3, -0.25) is 4.79 Å². The zero-order valence-electron chi connectivity index (χ0n) is 16.1. The van der Waals surface area contributed by atoms with Crippen molar-refractivity contribution in [2.45, 2.75) is 13.3 Å². The Morgan fingerprint density at radius 2 is 1.67 bits per heavy atom. The van der Waals surface area contributed by atoms with Crippen LogP contribution in [0.2, 0.25) is 0 Å². The third kappa shape index (κ3) is 5.80. The molecule has 2 aromatic rings. The van der Waals surface area contributed by atoms with E-state index in [0.717, 1.165) is 11.4 Å². The fourth-order valence-electron chi connectivity index (χ4n) is 2.86. The van der Waals surface area contributed by atoms with Gasteiger partial charge in [0.05, 0.1) is 17.5 Å². The Labute approximate surface area is 161 Å². The van der Waals surface area contributed by atoms with Crippen LogP contribution >= 0.6 is 0 Å². The van der Waals surface area contributed by atoms with Crippen LogP contribution in [0.5, 0.6) is 0 Å². The second-order valence-corrected chi connectivity index (χ2v) is 8.26. The summed E-state index contributed by atoms with van der Waals surface area (Å²) < 4.78 is 24.6. The average Bonchev–Trinajstić information content (AvgIpc) is 2.67. The van der Waals surface area contributed by atoms with E-state index in [-0.39, 0.29) is 5.91 Å². The highest BCUT2D eigenvalue weighted by Gasteiger charge is 2.16. The molecule has 2 rings (SSSR count). The Balaban J connectivity index is 2.01. The van der Waals surface area contributed by atoms with E-state index >= 15 is 0 Å². The lowest BCUT2D eigenvalue weighted by Crippen LogP contribution is -2.33. The molecule has 0 aromatic heterocycles. The summed E-state index contributed by atoms with van der Waals surface area (Å²) in [5, 5.41) is 2.89. The SMILES string of the molecule is CCN(CCCNC(=O)c1ccccc1N(C)c1ccccc1)S(C)(=O)=O. The van der Waals surface area contributed by atoms with Crippen molar-refractivity contribution in [2.75, 3.05) is 37.8 Å². The number of hydrogen-bond acceptors (Lipinski definition) is 4. The summed E-state index contributed by atoms with van der Waals surface area (Å²) in [6.45, 7) is 3.03. The highest BCUT2D eigenvalue weighted by Crippen LogP contribution is 2.26. The van der Waals surface area contributed by atoms with Gasteiger partial charge in [0.15, 0.2) is 0 Å². The second-order valence-electron chi connectivity index (χ2n) is 6.28. The largest absolute Gasteiger partial charge is 0.352 e. The quantitative estimate of drug-likeness (QED) is 0.670. The molecule has 0 saturated carbocycles. The Morgan fingerprint density at radius 1 is 1.04 bits per heavy atom. The van der Waals surface area contributed by atoms with Gasteiger partial charge in [-0.1, -0.05) is 37.3 Å². The lowest BCUT2D eigenvalue weighted by atomic mass is 10.1. The summed E-state index contributed by atoms with van der Waals surface area (Å²) in [4.78, 5) is 14.6. The predicted molar refractivity (Wildman–Crippen MR) is 110 cm³/mol. The van der Waals surface area contributed by atoms with Crippen LogP contribution in [0.3, 0.4) is 0 Å². The van der Waals surface area contributed by atoms with Crippen LogP contribution in [-0.4, -0.2) is 51.6 Å². The number of hydrogen-bond donors (Lipinski definition) is 1. The predicted octanol–water partition coefficient (Wildman–Crippen LogP) is 2.86. The van der Waals surface area contributed by atoms with Gasteiger partial charge < -0.3 is 10.2 Å². The second kappa shape index (κ2) is 9.53. The van der Waals surface area contributed by atoms with E-state index in [4.69, 9.17) is 0 Å². The van der Waals surface area contributed by atoms with Crippen LogP contribution in [0.1, 0.15) is 23.7 Å². The first-order chi connectivity index (χ1) is 12.8. The van der Waals surface area contributed by atoms with Gasteiger partial charge in [-0.2, -0.15) is 0 Å². The topological polar surface area (TPSA) is 69.7 Å². The van der Waals surface area contributed by atoms with Crippen molar-refractivity contribution in [1.82, 2.24) is 9.62 Å². The highest BCUT2D eigenvalue weighted by molar-refractivity contribution is 7.88. The number of nitrogens with one attached hydrogen (secondary N) is 1. The number of carbonyl (C=O) groups excluding carboxylic acids is 1. The molecule has 1 N–H and O–H groups in total. The lowest BCUT2D eigenvalue weighted by molar-refractivity contribution is 0.0953. The van der Waals surface area contributed by atoms with Crippen LogP contribution in [0.15, 0.2) is 54.6 Å². The van der Waals surface area contributed by atoms with Crippen LogP contribution in [0, 0.1) is 0 Å². The number of benzene rings is 2. The maximum absolute atomic E-state index is 12.6. The Morgan fingerprint density at radius 3 is 2.30 bits per heavy atom. The smallest absolute Gasteiger partial charge is 0.253 e. The molecule has 1 amide bonds. The maximum atomic E-state index is 12.6. The fraction of sp³-hybridized carbons (Fsp3) is 0.350. The molecule has 7 heteroatoms. The van der Waals surface area contributed by atoms with E-state index in [9.17, 15) is 13.2 Å². The molecule has 0 aliphatic carbocycles. The molecule has 0 aliphatic heterocycles. The van der Waals surface area contributed by atoms with Crippen LogP contribution in [-0.2, 0) is 10.0 Å². The highest BCUT2D eigenvalue weighted by atomic mass is 32.2. The Bertz CT molecular complexity index is 854. The lowest BCUT2D eigenvalue weighted by Gasteiger charge is -2.22. The van der Waals surface area contributed by atoms with Crippen LogP contribution in [0.4, 0.5) is 11.4 Å². The molecule has 0 heterocycles. The summed E-state index contributed by atoms with van der Waals surface area (Å²) in [6, 6.07) is 17.3. The van der Waals surface area contributed by atoms with E-state index in [1.54, 1.807) is 13.0 Å². The zero-order chi connectivity index (χ0) is 19.9. The van der Waals surface area contributed by atoms with Crippen LogP contribution < -0.4 is 10.2 Å². The fourth-order valence-corrected chi connectivity index (χ4v) is 3.79. The molecule has 0 saturated heterocycles. The van der Waals surface area contributed by atoms with E-state index in [1.165, 1.54) is 10.6 Å². The van der Waals surface area contributed by atoms with Gasteiger partial charge in [-0.25, -0.2) is 12.7 Å². The van der Waals surface area contributed by atoms with Crippen LogP contribution in [0.25, 0.3) is 0 Å². The van der Waals surface area contributed by atoms with Crippen molar-refractivity contribution < 1.29 is 13.2 Å². The molecule has 0 radical (unpaired) electrons. The third-order valence-corrected chi connectivity index (χ3v) is 5.72. The first-order valence-corrected chi connectivity index (χ1v) is 10.8. The van der Waals surface area contributed by atoms with Crippen molar-refractivity contribution in [1.29, 1.82) is 0 Å². The van der Waals surface area contributed by atoms with Gasteiger partial charge in [-0.05, 0) is 30.7 Å². The Hall–Kier alpha value is -2.38. The van der Waals surface area contributed by atoms with Gasteiger partial charge >= 0.3 is 0 Å². The summed E-state index contributed by atoms with van der Waals surface area (Å²) in [6.07, 6.45) is 1.76. The molecule has 0 atom stereocenters. The summed E-state index contributed by atoms with van der Waals surface area (Å²) >= 11 is 0. The third-order valence-electron chi connectivity index (χ3n) is 4.35. The molecule has 0 fully saturated rings.